The molecule has 126 valence electrons. The Labute approximate surface area is 148 Å². The van der Waals surface area contributed by atoms with E-state index in [1.165, 1.54) is 18.2 Å². The summed E-state index contributed by atoms with van der Waals surface area (Å²) in [5.41, 5.74) is 6.89. The number of carbonyl (C=O) groups excluding carboxylic acids is 1. The van der Waals surface area contributed by atoms with Crippen molar-refractivity contribution in [3.8, 4) is 12.1 Å². The summed E-state index contributed by atoms with van der Waals surface area (Å²) >= 11 is 1.08. The maximum atomic E-state index is 12.8. The summed E-state index contributed by atoms with van der Waals surface area (Å²) < 4.78 is 12.8. The lowest BCUT2D eigenvalue weighted by molar-refractivity contribution is -0.118. The molecule has 3 N–H and O–H groups in total. The highest BCUT2D eigenvalue weighted by molar-refractivity contribution is 8.00. The number of nitrogens with zero attached hydrogens (tertiary/aromatic N) is 3. The van der Waals surface area contributed by atoms with Crippen LogP contribution in [0.1, 0.15) is 16.7 Å². The van der Waals surface area contributed by atoms with E-state index in [1.54, 1.807) is 12.1 Å². The van der Waals surface area contributed by atoms with Crippen LogP contribution in [0.25, 0.3) is 0 Å². The second kappa shape index (κ2) is 8.67. The van der Waals surface area contributed by atoms with Gasteiger partial charge < -0.3 is 11.1 Å². The van der Waals surface area contributed by atoms with Gasteiger partial charge in [-0.1, -0.05) is 23.9 Å². The van der Waals surface area contributed by atoms with Crippen molar-refractivity contribution < 1.29 is 9.18 Å². The van der Waals surface area contributed by atoms with Crippen LogP contribution in [-0.2, 0) is 11.2 Å². The molecule has 1 amide bonds. The predicted octanol–water partition coefficient (Wildman–Crippen LogP) is 2.00. The molecule has 0 aliphatic heterocycles. The summed E-state index contributed by atoms with van der Waals surface area (Å²) in [6.07, 6.45) is 0.586. The van der Waals surface area contributed by atoms with E-state index in [2.05, 4.69) is 10.3 Å². The molecule has 0 bridgehead atoms. The Morgan fingerprint density at radius 3 is 2.56 bits per heavy atom. The number of amides is 1. The normalized spacial score (nSPS) is 9.88. The van der Waals surface area contributed by atoms with E-state index in [1.807, 2.05) is 12.1 Å². The Hall–Kier alpha value is -3.10. The minimum absolute atomic E-state index is 0.0284. The van der Waals surface area contributed by atoms with Gasteiger partial charge in [0.15, 0.2) is 0 Å². The fourth-order valence-corrected chi connectivity index (χ4v) is 2.76. The molecular weight excluding hydrogens is 341 g/mol. The third kappa shape index (κ3) is 5.20. The zero-order chi connectivity index (χ0) is 18.2. The number of nitrogens with one attached hydrogen (secondary N) is 1. The van der Waals surface area contributed by atoms with Crippen LogP contribution < -0.4 is 11.1 Å². The SMILES string of the molecule is N#Cc1cc(C#N)c(SCC(=O)NCCc2ccc(F)cc2)nc1N. The summed E-state index contributed by atoms with van der Waals surface area (Å²) in [5.74, 6) is -0.427. The van der Waals surface area contributed by atoms with Crippen molar-refractivity contribution in [1.82, 2.24) is 10.3 Å². The van der Waals surface area contributed by atoms with Gasteiger partial charge in [0.05, 0.1) is 16.9 Å². The second-order valence-corrected chi connectivity index (χ2v) is 5.98. The lowest BCUT2D eigenvalue weighted by Crippen LogP contribution is -2.27. The molecule has 8 heteroatoms. The highest BCUT2D eigenvalue weighted by atomic mass is 32.2. The highest BCUT2D eigenvalue weighted by Crippen LogP contribution is 2.23. The molecule has 0 aliphatic carbocycles. The van der Waals surface area contributed by atoms with Gasteiger partial charge in [-0.05, 0) is 30.2 Å². The Bertz CT molecular complexity index is 855. The fraction of sp³-hybridized carbons (Fsp3) is 0.176. The topological polar surface area (TPSA) is 116 Å². The maximum Gasteiger partial charge on any atom is 0.230 e. The van der Waals surface area contributed by atoms with Gasteiger partial charge in [0.1, 0.15) is 28.8 Å². The minimum atomic E-state index is -0.299. The number of nitrogens with two attached hydrogens (primary N) is 1. The smallest absolute Gasteiger partial charge is 0.230 e. The maximum absolute atomic E-state index is 12.8. The average Bonchev–Trinajstić information content (AvgIpc) is 2.61. The number of benzene rings is 1. The number of rotatable bonds is 6. The van der Waals surface area contributed by atoms with Gasteiger partial charge in [0, 0.05) is 6.54 Å². The van der Waals surface area contributed by atoms with Crippen LogP contribution >= 0.6 is 11.8 Å². The zero-order valence-electron chi connectivity index (χ0n) is 13.1. The summed E-state index contributed by atoms with van der Waals surface area (Å²) in [6.45, 7) is 0.416. The van der Waals surface area contributed by atoms with Gasteiger partial charge in [0.2, 0.25) is 5.91 Å². The van der Waals surface area contributed by atoms with Gasteiger partial charge >= 0.3 is 0 Å². The van der Waals surface area contributed by atoms with E-state index in [9.17, 15) is 9.18 Å². The molecule has 2 rings (SSSR count). The molecule has 0 spiro atoms. The Balaban J connectivity index is 1.86. The summed E-state index contributed by atoms with van der Waals surface area (Å²) in [4.78, 5) is 15.9. The van der Waals surface area contributed by atoms with E-state index in [0.29, 0.717) is 18.0 Å². The van der Waals surface area contributed by atoms with Gasteiger partial charge in [0.25, 0.3) is 0 Å². The van der Waals surface area contributed by atoms with E-state index in [0.717, 1.165) is 17.3 Å². The molecule has 0 fully saturated rings. The average molecular weight is 355 g/mol. The van der Waals surface area contributed by atoms with E-state index >= 15 is 0 Å². The van der Waals surface area contributed by atoms with Crippen LogP contribution in [0.15, 0.2) is 35.4 Å². The van der Waals surface area contributed by atoms with Crippen LogP contribution in [-0.4, -0.2) is 23.2 Å². The second-order valence-electron chi connectivity index (χ2n) is 5.01. The van der Waals surface area contributed by atoms with Crippen LogP contribution in [0.4, 0.5) is 10.2 Å². The first-order chi connectivity index (χ1) is 12.0. The number of thioether (sulfide) groups is 1. The van der Waals surface area contributed by atoms with Gasteiger partial charge in [-0.15, -0.1) is 0 Å². The molecule has 0 atom stereocenters. The molecule has 0 saturated heterocycles. The molecule has 1 aromatic carbocycles. The standard InChI is InChI=1S/C17H14FN5OS/c18-14-3-1-11(2-4-14)5-6-22-15(24)10-25-17-13(9-20)7-12(8-19)16(21)23-17/h1-4,7H,5-6,10H2,(H2,21,23)(H,22,24). The first-order valence-electron chi connectivity index (χ1n) is 7.28. The van der Waals surface area contributed by atoms with Crippen molar-refractivity contribution in [2.45, 2.75) is 11.4 Å². The van der Waals surface area contributed by atoms with Gasteiger partial charge in [-0.3, -0.25) is 4.79 Å². The van der Waals surface area contributed by atoms with Crippen LogP contribution in [0.3, 0.4) is 0 Å². The third-order valence-electron chi connectivity index (χ3n) is 3.25. The Morgan fingerprint density at radius 1 is 1.24 bits per heavy atom. The molecule has 6 nitrogen and oxygen atoms in total. The number of nitriles is 2. The monoisotopic (exact) mass is 355 g/mol. The molecule has 0 radical (unpaired) electrons. The van der Waals surface area contributed by atoms with Crippen molar-refractivity contribution in [3.05, 3.63) is 52.8 Å². The first-order valence-corrected chi connectivity index (χ1v) is 8.26. The van der Waals surface area contributed by atoms with Crippen molar-refractivity contribution in [2.75, 3.05) is 18.0 Å². The van der Waals surface area contributed by atoms with Gasteiger partial charge in [-0.2, -0.15) is 10.5 Å². The predicted molar refractivity (Wildman–Crippen MR) is 91.9 cm³/mol. The summed E-state index contributed by atoms with van der Waals surface area (Å²) in [6, 6.07) is 11.2. The van der Waals surface area contributed by atoms with Crippen molar-refractivity contribution >= 4 is 23.5 Å². The number of nitrogen functional groups attached to an aromatic ring is 1. The molecule has 1 heterocycles. The van der Waals surface area contributed by atoms with Gasteiger partial charge in [-0.25, -0.2) is 9.37 Å². The largest absolute Gasteiger partial charge is 0.383 e. The molecule has 0 saturated carbocycles. The third-order valence-corrected chi connectivity index (χ3v) is 4.24. The van der Waals surface area contributed by atoms with Crippen molar-refractivity contribution in [3.63, 3.8) is 0 Å². The number of anilines is 1. The number of hydrogen-bond acceptors (Lipinski definition) is 6. The molecule has 1 aromatic heterocycles. The summed E-state index contributed by atoms with van der Waals surface area (Å²) in [7, 11) is 0. The molecule has 0 unspecified atom stereocenters. The van der Waals surface area contributed by atoms with Crippen LogP contribution in [0, 0.1) is 28.5 Å². The zero-order valence-corrected chi connectivity index (χ0v) is 13.9. The number of halogens is 1. The number of hydrogen-bond donors (Lipinski definition) is 2. The van der Waals surface area contributed by atoms with Crippen LogP contribution in [0.2, 0.25) is 0 Å². The highest BCUT2D eigenvalue weighted by Gasteiger charge is 2.12. The Morgan fingerprint density at radius 2 is 1.92 bits per heavy atom. The molecule has 0 aliphatic rings. The number of carbonyl (C=O) groups is 1. The minimum Gasteiger partial charge on any atom is -0.383 e. The van der Waals surface area contributed by atoms with E-state index < -0.39 is 0 Å². The summed E-state index contributed by atoms with van der Waals surface area (Å²) in [5, 5.41) is 21.0. The van der Waals surface area contributed by atoms with E-state index in [4.69, 9.17) is 16.3 Å². The van der Waals surface area contributed by atoms with Crippen molar-refractivity contribution in [1.29, 1.82) is 10.5 Å². The van der Waals surface area contributed by atoms with Crippen molar-refractivity contribution in [2.24, 2.45) is 0 Å². The molecule has 2 aromatic rings. The lowest BCUT2D eigenvalue weighted by atomic mass is 10.1. The first kappa shape index (κ1) is 18.2. The quantitative estimate of drug-likeness (QED) is 0.766. The number of pyridine rings is 1. The Kier molecular flexibility index (Phi) is 6.33. The molecule has 25 heavy (non-hydrogen) atoms. The van der Waals surface area contributed by atoms with Crippen LogP contribution in [0.5, 0.6) is 0 Å². The molecular formula is C17H14FN5OS. The lowest BCUT2D eigenvalue weighted by Gasteiger charge is -2.07. The van der Waals surface area contributed by atoms with E-state index in [-0.39, 0.29) is 34.4 Å². The number of aromatic nitrogens is 1. The fourth-order valence-electron chi connectivity index (χ4n) is 1.97.